The van der Waals surface area contributed by atoms with Gasteiger partial charge in [0.2, 0.25) is 0 Å². The highest BCUT2D eigenvalue weighted by Crippen LogP contribution is 2.33. The summed E-state index contributed by atoms with van der Waals surface area (Å²) in [6, 6.07) is 8.71. The number of guanidine groups is 1. The quantitative estimate of drug-likeness (QED) is 0.649. The minimum Gasteiger partial charge on any atom is -0.373 e. The maximum Gasteiger partial charge on any atom is 0.191 e. The predicted molar refractivity (Wildman–Crippen MR) is 92.3 cm³/mol. The van der Waals surface area contributed by atoms with E-state index in [-0.39, 0.29) is 6.10 Å². The minimum atomic E-state index is 0.169. The van der Waals surface area contributed by atoms with Gasteiger partial charge in [-0.15, -0.1) is 0 Å². The molecule has 1 aromatic rings. The van der Waals surface area contributed by atoms with E-state index in [1.807, 2.05) is 0 Å². The number of ether oxygens (including phenoxy) is 1. The van der Waals surface area contributed by atoms with Gasteiger partial charge in [0.05, 0.1) is 6.10 Å². The lowest BCUT2D eigenvalue weighted by atomic mass is 9.89. The number of nitrogens with zero attached hydrogens (tertiary/aromatic N) is 1. The summed E-state index contributed by atoms with van der Waals surface area (Å²) in [4.78, 5) is 4.73. The van der Waals surface area contributed by atoms with Crippen LogP contribution in [-0.4, -0.2) is 32.2 Å². The smallest absolute Gasteiger partial charge is 0.191 e. The zero-order chi connectivity index (χ0) is 15.8. The van der Waals surface area contributed by atoms with E-state index in [2.05, 4.69) is 55.7 Å². The van der Waals surface area contributed by atoms with Crippen molar-refractivity contribution in [1.82, 2.24) is 10.6 Å². The van der Waals surface area contributed by atoms with Gasteiger partial charge in [0.15, 0.2) is 5.96 Å². The van der Waals surface area contributed by atoms with Gasteiger partial charge in [-0.25, -0.2) is 0 Å². The summed E-state index contributed by atoms with van der Waals surface area (Å²) >= 11 is 0. The van der Waals surface area contributed by atoms with Gasteiger partial charge in [0, 0.05) is 32.2 Å². The first-order valence-electron chi connectivity index (χ1n) is 8.45. The fraction of sp³-hybridized carbons (Fsp3) is 0.611. The van der Waals surface area contributed by atoms with Gasteiger partial charge in [-0.3, -0.25) is 4.99 Å². The SMILES string of the molecule is CCNC(=NCC1CCCOC1c1ccc(C)cc1)NCC. The zero-order valence-corrected chi connectivity index (χ0v) is 14.1. The van der Waals surface area contributed by atoms with Crippen molar-refractivity contribution in [2.45, 2.75) is 39.7 Å². The van der Waals surface area contributed by atoms with Crippen LogP contribution in [0.1, 0.15) is 43.9 Å². The molecule has 2 unspecified atom stereocenters. The standard InChI is InChI=1S/C18H29N3O/c1-4-19-18(20-5-2)21-13-16-7-6-12-22-17(16)15-10-8-14(3)9-11-15/h8-11,16-17H,4-7,12-13H2,1-3H3,(H2,19,20,21). The van der Waals surface area contributed by atoms with E-state index in [0.29, 0.717) is 5.92 Å². The Morgan fingerprint density at radius 1 is 1.18 bits per heavy atom. The normalized spacial score (nSPS) is 21.2. The van der Waals surface area contributed by atoms with Crippen LogP contribution in [-0.2, 0) is 4.74 Å². The fourth-order valence-electron chi connectivity index (χ4n) is 2.87. The molecule has 0 aromatic heterocycles. The fourth-order valence-corrected chi connectivity index (χ4v) is 2.87. The van der Waals surface area contributed by atoms with E-state index < -0.39 is 0 Å². The van der Waals surface area contributed by atoms with Crippen molar-refractivity contribution < 1.29 is 4.74 Å². The molecule has 1 aliphatic rings. The van der Waals surface area contributed by atoms with Crippen LogP contribution < -0.4 is 10.6 Å². The molecule has 122 valence electrons. The van der Waals surface area contributed by atoms with E-state index in [1.165, 1.54) is 17.5 Å². The first kappa shape index (κ1) is 16.8. The Balaban J connectivity index is 2.05. The molecule has 1 aliphatic heterocycles. The van der Waals surface area contributed by atoms with E-state index in [0.717, 1.165) is 38.6 Å². The van der Waals surface area contributed by atoms with Crippen molar-refractivity contribution in [3.05, 3.63) is 35.4 Å². The highest BCUT2D eigenvalue weighted by Gasteiger charge is 2.27. The van der Waals surface area contributed by atoms with Crippen molar-refractivity contribution >= 4 is 5.96 Å². The number of hydrogen-bond donors (Lipinski definition) is 2. The molecule has 2 rings (SSSR count). The largest absolute Gasteiger partial charge is 0.373 e. The summed E-state index contributed by atoms with van der Waals surface area (Å²) < 4.78 is 6.06. The predicted octanol–water partition coefficient (Wildman–Crippen LogP) is 3.04. The van der Waals surface area contributed by atoms with Gasteiger partial charge in [-0.2, -0.15) is 0 Å². The van der Waals surface area contributed by atoms with Crippen LogP contribution in [0.4, 0.5) is 0 Å². The molecule has 0 saturated carbocycles. The number of benzene rings is 1. The van der Waals surface area contributed by atoms with Crippen LogP contribution in [0.2, 0.25) is 0 Å². The van der Waals surface area contributed by atoms with Gasteiger partial charge in [-0.05, 0) is 39.2 Å². The van der Waals surface area contributed by atoms with Gasteiger partial charge in [0.1, 0.15) is 0 Å². The lowest BCUT2D eigenvalue weighted by Gasteiger charge is -2.31. The third-order valence-electron chi connectivity index (χ3n) is 4.02. The average molecular weight is 303 g/mol. The number of aliphatic imine (C=N–C) groups is 1. The lowest BCUT2D eigenvalue weighted by molar-refractivity contribution is -0.0250. The molecule has 1 saturated heterocycles. The Kier molecular flexibility index (Phi) is 6.72. The maximum atomic E-state index is 6.06. The molecule has 1 heterocycles. The van der Waals surface area contributed by atoms with Gasteiger partial charge in [0.25, 0.3) is 0 Å². The van der Waals surface area contributed by atoms with E-state index in [9.17, 15) is 0 Å². The molecule has 0 spiro atoms. The Hall–Kier alpha value is -1.55. The van der Waals surface area contributed by atoms with Gasteiger partial charge >= 0.3 is 0 Å². The first-order chi connectivity index (χ1) is 10.7. The first-order valence-corrected chi connectivity index (χ1v) is 8.45. The van der Waals surface area contributed by atoms with Crippen LogP contribution in [0.25, 0.3) is 0 Å². The maximum absolute atomic E-state index is 6.06. The van der Waals surface area contributed by atoms with Crippen molar-refractivity contribution in [3.8, 4) is 0 Å². The van der Waals surface area contributed by atoms with E-state index in [1.54, 1.807) is 0 Å². The highest BCUT2D eigenvalue weighted by atomic mass is 16.5. The summed E-state index contributed by atoms with van der Waals surface area (Å²) in [6.07, 6.45) is 2.47. The van der Waals surface area contributed by atoms with Crippen LogP contribution in [0.15, 0.2) is 29.3 Å². The molecule has 2 atom stereocenters. The molecule has 22 heavy (non-hydrogen) atoms. The third-order valence-corrected chi connectivity index (χ3v) is 4.02. The monoisotopic (exact) mass is 303 g/mol. The highest BCUT2D eigenvalue weighted by molar-refractivity contribution is 5.79. The molecule has 1 fully saturated rings. The molecule has 2 N–H and O–H groups in total. The zero-order valence-electron chi connectivity index (χ0n) is 14.1. The van der Waals surface area contributed by atoms with Crippen LogP contribution in [0.3, 0.4) is 0 Å². The summed E-state index contributed by atoms with van der Waals surface area (Å²) in [6.45, 7) is 9.71. The molecule has 0 bridgehead atoms. The second kappa shape index (κ2) is 8.79. The average Bonchev–Trinajstić information content (AvgIpc) is 2.54. The number of hydrogen-bond acceptors (Lipinski definition) is 2. The minimum absolute atomic E-state index is 0.169. The lowest BCUT2D eigenvalue weighted by Crippen LogP contribution is -2.38. The number of rotatable bonds is 5. The van der Waals surface area contributed by atoms with Crippen molar-refractivity contribution in [2.24, 2.45) is 10.9 Å². The molecular formula is C18H29N3O. The second-order valence-electron chi connectivity index (χ2n) is 5.85. The van der Waals surface area contributed by atoms with E-state index >= 15 is 0 Å². The molecule has 4 heteroatoms. The molecular weight excluding hydrogens is 274 g/mol. The molecule has 0 amide bonds. The van der Waals surface area contributed by atoms with E-state index in [4.69, 9.17) is 9.73 Å². The Morgan fingerprint density at radius 2 is 1.86 bits per heavy atom. The molecule has 0 radical (unpaired) electrons. The van der Waals surface area contributed by atoms with Crippen molar-refractivity contribution in [1.29, 1.82) is 0 Å². The third kappa shape index (κ3) is 4.73. The van der Waals surface area contributed by atoms with Crippen molar-refractivity contribution in [3.63, 3.8) is 0 Å². The van der Waals surface area contributed by atoms with Crippen LogP contribution in [0, 0.1) is 12.8 Å². The number of aryl methyl sites for hydroxylation is 1. The Bertz CT molecular complexity index is 462. The van der Waals surface area contributed by atoms with Gasteiger partial charge in [-0.1, -0.05) is 29.8 Å². The Labute approximate surface area is 134 Å². The summed E-state index contributed by atoms with van der Waals surface area (Å²) in [5.74, 6) is 1.35. The molecule has 4 nitrogen and oxygen atoms in total. The summed E-state index contributed by atoms with van der Waals surface area (Å²) in [5, 5.41) is 6.57. The Morgan fingerprint density at radius 3 is 2.50 bits per heavy atom. The molecule has 1 aromatic carbocycles. The summed E-state index contributed by atoms with van der Waals surface area (Å²) in [7, 11) is 0. The van der Waals surface area contributed by atoms with Crippen molar-refractivity contribution in [2.75, 3.05) is 26.2 Å². The molecule has 0 aliphatic carbocycles. The second-order valence-corrected chi connectivity index (χ2v) is 5.85. The number of nitrogens with one attached hydrogen (secondary N) is 2. The summed E-state index contributed by atoms with van der Waals surface area (Å²) in [5.41, 5.74) is 2.56. The van der Waals surface area contributed by atoms with Crippen LogP contribution >= 0.6 is 0 Å². The topological polar surface area (TPSA) is 45.7 Å². The van der Waals surface area contributed by atoms with Gasteiger partial charge < -0.3 is 15.4 Å². The van der Waals surface area contributed by atoms with Crippen LogP contribution in [0.5, 0.6) is 0 Å².